The number of nitrogens with one attached hydrogen (secondary N) is 1. The number of ketones is 2. The molecular formula is C18H20N2O6. The van der Waals surface area contributed by atoms with E-state index >= 15 is 0 Å². The molecule has 26 heavy (non-hydrogen) atoms. The number of aromatic nitrogens is 1. The lowest BCUT2D eigenvalue weighted by Crippen LogP contribution is -2.14. The molecule has 1 heterocycles. The van der Waals surface area contributed by atoms with Gasteiger partial charge in [0.1, 0.15) is 0 Å². The zero-order valence-electron chi connectivity index (χ0n) is 15.0. The van der Waals surface area contributed by atoms with E-state index in [9.17, 15) is 19.7 Å². The SMILES string of the molecule is CCc1c(C(=O)COc2ccc([N+](=O)[O-])cc2OC)[nH]c(C)c1C(C)=O. The van der Waals surface area contributed by atoms with Gasteiger partial charge in [-0.05, 0) is 31.9 Å². The monoisotopic (exact) mass is 360 g/mol. The number of aryl methyl sites for hydroxylation is 1. The highest BCUT2D eigenvalue weighted by molar-refractivity contribution is 6.03. The summed E-state index contributed by atoms with van der Waals surface area (Å²) in [6.45, 7) is 4.78. The Hall–Kier alpha value is -3.16. The summed E-state index contributed by atoms with van der Waals surface area (Å²) in [5, 5.41) is 10.8. The number of nitro benzene ring substituents is 1. The number of hydrogen-bond acceptors (Lipinski definition) is 6. The van der Waals surface area contributed by atoms with E-state index in [1.807, 2.05) is 6.92 Å². The summed E-state index contributed by atoms with van der Waals surface area (Å²) in [6, 6.07) is 3.88. The third kappa shape index (κ3) is 3.74. The van der Waals surface area contributed by atoms with E-state index in [0.29, 0.717) is 28.9 Å². The van der Waals surface area contributed by atoms with Crippen LogP contribution in [0.5, 0.6) is 11.5 Å². The zero-order valence-corrected chi connectivity index (χ0v) is 15.0. The van der Waals surface area contributed by atoms with Crippen molar-refractivity contribution in [3.8, 4) is 11.5 Å². The van der Waals surface area contributed by atoms with Gasteiger partial charge in [0.15, 0.2) is 23.9 Å². The van der Waals surface area contributed by atoms with Gasteiger partial charge in [-0.2, -0.15) is 0 Å². The van der Waals surface area contributed by atoms with Gasteiger partial charge < -0.3 is 14.5 Å². The van der Waals surface area contributed by atoms with Gasteiger partial charge >= 0.3 is 0 Å². The Balaban J connectivity index is 2.23. The van der Waals surface area contributed by atoms with Crippen molar-refractivity contribution in [2.75, 3.05) is 13.7 Å². The minimum atomic E-state index is -0.546. The second kappa shape index (κ2) is 7.81. The number of hydrogen-bond donors (Lipinski definition) is 1. The quantitative estimate of drug-likeness (QED) is 0.439. The maximum atomic E-state index is 12.5. The molecule has 8 heteroatoms. The third-order valence-corrected chi connectivity index (χ3v) is 3.99. The van der Waals surface area contributed by atoms with Gasteiger partial charge in [-0.15, -0.1) is 0 Å². The molecule has 1 aromatic carbocycles. The van der Waals surface area contributed by atoms with Crippen molar-refractivity contribution in [2.45, 2.75) is 27.2 Å². The fourth-order valence-corrected chi connectivity index (χ4v) is 2.85. The van der Waals surface area contributed by atoms with Crippen LogP contribution in [-0.4, -0.2) is 35.2 Å². The second-order valence-corrected chi connectivity index (χ2v) is 5.69. The van der Waals surface area contributed by atoms with Crippen molar-refractivity contribution in [1.82, 2.24) is 4.98 Å². The minimum absolute atomic E-state index is 0.104. The molecule has 2 rings (SSSR count). The van der Waals surface area contributed by atoms with E-state index in [1.165, 1.54) is 32.2 Å². The summed E-state index contributed by atoms with van der Waals surface area (Å²) in [4.78, 5) is 37.6. The molecule has 0 amide bonds. The van der Waals surface area contributed by atoms with Crippen molar-refractivity contribution in [1.29, 1.82) is 0 Å². The molecule has 0 aliphatic carbocycles. The number of rotatable bonds is 8. The van der Waals surface area contributed by atoms with Gasteiger partial charge in [-0.1, -0.05) is 6.92 Å². The number of carbonyl (C=O) groups excluding carboxylic acids is 2. The van der Waals surface area contributed by atoms with Crippen molar-refractivity contribution in [3.63, 3.8) is 0 Å². The Morgan fingerprint density at radius 2 is 1.96 bits per heavy atom. The largest absolute Gasteiger partial charge is 0.493 e. The number of ether oxygens (including phenoxy) is 2. The summed E-state index contributed by atoms with van der Waals surface area (Å²) in [6.07, 6.45) is 0.529. The lowest BCUT2D eigenvalue weighted by molar-refractivity contribution is -0.384. The lowest BCUT2D eigenvalue weighted by Gasteiger charge is -2.10. The fourth-order valence-electron chi connectivity index (χ4n) is 2.85. The Labute approximate surface area is 150 Å². The second-order valence-electron chi connectivity index (χ2n) is 5.69. The smallest absolute Gasteiger partial charge is 0.273 e. The van der Waals surface area contributed by atoms with E-state index in [4.69, 9.17) is 9.47 Å². The number of carbonyl (C=O) groups is 2. The molecule has 0 saturated carbocycles. The van der Waals surface area contributed by atoms with Gasteiger partial charge in [0.2, 0.25) is 5.78 Å². The molecule has 0 spiro atoms. The first-order valence-corrected chi connectivity index (χ1v) is 8.00. The molecule has 0 radical (unpaired) electrons. The van der Waals surface area contributed by atoms with Gasteiger partial charge in [0.05, 0.1) is 23.8 Å². The molecule has 0 fully saturated rings. The topological polar surface area (TPSA) is 112 Å². The first-order chi connectivity index (χ1) is 12.3. The van der Waals surface area contributed by atoms with Crippen molar-refractivity contribution in [2.24, 2.45) is 0 Å². The molecule has 0 atom stereocenters. The zero-order chi connectivity index (χ0) is 19.4. The molecule has 1 N–H and O–H groups in total. The summed E-state index contributed by atoms with van der Waals surface area (Å²) in [5.74, 6) is -0.0418. The molecule has 0 unspecified atom stereocenters. The Morgan fingerprint density at radius 1 is 1.27 bits per heavy atom. The summed E-state index contributed by atoms with van der Waals surface area (Å²) in [7, 11) is 1.36. The molecule has 0 saturated heterocycles. The van der Waals surface area contributed by atoms with Crippen LogP contribution in [-0.2, 0) is 6.42 Å². The number of non-ortho nitro benzene ring substituents is 1. The van der Waals surface area contributed by atoms with E-state index in [2.05, 4.69) is 4.98 Å². The fraction of sp³-hybridized carbons (Fsp3) is 0.333. The lowest BCUT2D eigenvalue weighted by atomic mass is 10.0. The number of nitro groups is 1. The maximum Gasteiger partial charge on any atom is 0.273 e. The number of methoxy groups -OCH3 is 1. The molecule has 0 aliphatic heterocycles. The van der Waals surface area contributed by atoms with E-state index in [0.717, 1.165) is 0 Å². The highest BCUT2D eigenvalue weighted by Gasteiger charge is 2.22. The van der Waals surface area contributed by atoms with E-state index in [-0.39, 0.29) is 35.4 Å². The molecule has 2 aromatic rings. The van der Waals surface area contributed by atoms with Crippen LogP contribution in [0, 0.1) is 17.0 Å². The Kier molecular flexibility index (Phi) is 5.76. The summed E-state index contributed by atoms with van der Waals surface area (Å²) < 4.78 is 10.6. The van der Waals surface area contributed by atoms with Crippen molar-refractivity contribution in [3.05, 3.63) is 50.8 Å². The van der Waals surface area contributed by atoms with Gasteiger partial charge in [-0.3, -0.25) is 19.7 Å². The van der Waals surface area contributed by atoms with E-state index < -0.39 is 4.92 Å². The molecule has 1 aromatic heterocycles. The minimum Gasteiger partial charge on any atom is -0.493 e. The number of benzene rings is 1. The first-order valence-electron chi connectivity index (χ1n) is 8.00. The predicted molar refractivity (Wildman–Crippen MR) is 94.4 cm³/mol. The number of H-pyrrole nitrogens is 1. The average molecular weight is 360 g/mol. The summed E-state index contributed by atoms with van der Waals surface area (Å²) in [5.41, 5.74) is 2.05. The van der Waals surface area contributed by atoms with Crippen molar-refractivity contribution >= 4 is 17.3 Å². The predicted octanol–water partition coefficient (Wildman–Crippen LogP) is 3.27. The standard InChI is InChI=1S/C18H20N2O6/c1-5-13-17(11(3)21)10(2)19-18(13)14(22)9-26-15-7-6-12(20(23)24)8-16(15)25-4/h6-8,19H,5,9H2,1-4H3. The van der Waals surface area contributed by atoms with E-state index in [1.54, 1.807) is 6.92 Å². The number of nitrogens with zero attached hydrogens (tertiary/aromatic N) is 1. The van der Waals surface area contributed by atoms with Gasteiger partial charge in [-0.25, -0.2) is 0 Å². The van der Waals surface area contributed by atoms with Gasteiger partial charge in [0, 0.05) is 17.3 Å². The third-order valence-electron chi connectivity index (χ3n) is 3.99. The Bertz CT molecular complexity index is 869. The number of aromatic amines is 1. The molecule has 0 bridgehead atoms. The van der Waals surface area contributed by atoms with Crippen LogP contribution in [0.4, 0.5) is 5.69 Å². The van der Waals surface area contributed by atoms with Crippen LogP contribution in [0.3, 0.4) is 0 Å². The van der Waals surface area contributed by atoms with Crippen LogP contribution in [0.1, 0.15) is 46.0 Å². The highest BCUT2D eigenvalue weighted by atomic mass is 16.6. The van der Waals surface area contributed by atoms with Crippen molar-refractivity contribution < 1.29 is 24.0 Å². The maximum absolute atomic E-state index is 12.5. The molecule has 8 nitrogen and oxygen atoms in total. The van der Waals surface area contributed by atoms with Gasteiger partial charge in [0.25, 0.3) is 5.69 Å². The normalized spacial score (nSPS) is 10.5. The first kappa shape index (κ1) is 19.2. The Morgan fingerprint density at radius 3 is 2.50 bits per heavy atom. The molecule has 138 valence electrons. The molecular weight excluding hydrogens is 340 g/mol. The van der Waals surface area contributed by atoms with Crippen LogP contribution in [0.15, 0.2) is 18.2 Å². The number of Topliss-reactive ketones (excluding diaryl/α,β-unsaturated/α-hetero) is 2. The average Bonchev–Trinajstić information content (AvgIpc) is 2.95. The van der Waals surface area contributed by atoms with Crippen LogP contribution < -0.4 is 9.47 Å². The summed E-state index contributed by atoms with van der Waals surface area (Å²) >= 11 is 0. The van der Waals surface area contributed by atoms with Crippen LogP contribution >= 0.6 is 0 Å². The highest BCUT2D eigenvalue weighted by Crippen LogP contribution is 2.31. The molecule has 0 aliphatic rings. The van der Waals surface area contributed by atoms with Crippen LogP contribution in [0.2, 0.25) is 0 Å². The van der Waals surface area contributed by atoms with Crippen LogP contribution in [0.25, 0.3) is 0 Å².